The number of rotatable bonds is 7. The van der Waals surface area contributed by atoms with Crippen LogP contribution < -0.4 is 5.32 Å². The highest BCUT2D eigenvalue weighted by Crippen LogP contribution is 2.09. The molecule has 1 aromatic rings. The number of methoxy groups -OCH3 is 1. The van der Waals surface area contributed by atoms with Crippen LogP contribution in [0, 0.1) is 0 Å². The third-order valence-corrected chi connectivity index (χ3v) is 2.64. The van der Waals surface area contributed by atoms with E-state index in [4.69, 9.17) is 9.84 Å². The van der Waals surface area contributed by atoms with Crippen LogP contribution in [-0.4, -0.2) is 31.4 Å². The molecule has 0 fully saturated rings. The lowest BCUT2D eigenvalue weighted by molar-refractivity contribution is 0.165. The minimum atomic E-state index is 0.322. The van der Waals surface area contributed by atoms with E-state index < -0.39 is 0 Å². The van der Waals surface area contributed by atoms with Crippen molar-refractivity contribution in [2.24, 2.45) is 0 Å². The zero-order chi connectivity index (χ0) is 11.8. The Labute approximate surface area is 97.4 Å². The summed E-state index contributed by atoms with van der Waals surface area (Å²) in [6.07, 6.45) is 2.05. The van der Waals surface area contributed by atoms with Gasteiger partial charge in [0.15, 0.2) is 0 Å². The Morgan fingerprint density at radius 2 is 2.00 bits per heavy atom. The Morgan fingerprint density at radius 1 is 1.31 bits per heavy atom. The summed E-state index contributed by atoms with van der Waals surface area (Å²) in [7, 11) is 1.73. The minimum Gasteiger partial charge on any atom is -0.508 e. The average molecular weight is 223 g/mol. The van der Waals surface area contributed by atoms with Gasteiger partial charge in [-0.2, -0.15) is 0 Å². The number of hydrogen-bond donors (Lipinski definition) is 2. The van der Waals surface area contributed by atoms with Gasteiger partial charge >= 0.3 is 0 Å². The second-order valence-corrected chi connectivity index (χ2v) is 3.93. The highest BCUT2D eigenvalue weighted by Gasteiger charge is 2.03. The maximum atomic E-state index is 9.15. The summed E-state index contributed by atoms with van der Waals surface area (Å²) in [6.45, 7) is 3.84. The van der Waals surface area contributed by atoms with Crippen LogP contribution in [0.4, 0.5) is 0 Å². The molecule has 3 nitrogen and oxygen atoms in total. The van der Waals surface area contributed by atoms with E-state index in [0.717, 1.165) is 26.0 Å². The third kappa shape index (κ3) is 4.64. The van der Waals surface area contributed by atoms with Gasteiger partial charge in [-0.3, -0.25) is 0 Å². The Kier molecular flexibility index (Phi) is 5.90. The molecule has 3 heteroatoms. The lowest BCUT2D eigenvalue weighted by atomic mass is 10.1. The first kappa shape index (κ1) is 13.0. The van der Waals surface area contributed by atoms with Crippen LogP contribution in [0.5, 0.6) is 5.75 Å². The standard InChI is InChI=1S/C13H21NO2/c1-3-12(10-16-2)14-9-8-11-4-6-13(15)7-5-11/h4-7,12,14-15H,3,8-10H2,1-2H3. The molecule has 16 heavy (non-hydrogen) atoms. The Bertz CT molecular complexity index is 284. The predicted octanol–water partition coefficient (Wildman–Crippen LogP) is 1.95. The van der Waals surface area contributed by atoms with Gasteiger partial charge in [-0.25, -0.2) is 0 Å². The maximum Gasteiger partial charge on any atom is 0.115 e. The monoisotopic (exact) mass is 223 g/mol. The van der Waals surface area contributed by atoms with E-state index in [9.17, 15) is 0 Å². The largest absolute Gasteiger partial charge is 0.508 e. The number of phenolic OH excluding ortho intramolecular Hbond substituents is 1. The van der Waals surface area contributed by atoms with Crippen molar-refractivity contribution in [3.05, 3.63) is 29.8 Å². The molecule has 0 saturated heterocycles. The second kappa shape index (κ2) is 7.25. The van der Waals surface area contributed by atoms with Gasteiger partial charge < -0.3 is 15.2 Å². The first-order chi connectivity index (χ1) is 7.76. The van der Waals surface area contributed by atoms with Crippen LogP contribution in [0.15, 0.2) is 24.3 Å². The van der Waals surface area contributed by atoms with Gasteiger partial charge in [-0.05, 0) is 37.1 Å². The molecule has 0 heterocycles. The molecule has 0 spiro atoms. The van der Waals surface area contributed by atoms with Crippen molar-refractivity contribution in [3.8, 4) is 5.75 Å². The number of benzene rings is 1. The lowest BCUT2D eigenvalue weighted by Crippen LogP contribution is -2.33. The van der Waals surface area contributed by atoms with Crippen molar-refractivity contribution in [1.29, 1.82) is 0 Å². The second-order valence-electron chi connectivity index (χ2n) is 3.93. The van der Waals surface area contributed by atoms with Gasteiger partial charge in [0.2, 0.25) is 0 Å². The molecule has 90 valence electrons. The van der Waals surface area contributed by atoms with Crippen molar-refractivity contribution in [1.82, 2.24) is 5.32 Å². The maximum absolute atomic E-state index is 9.15. The van der Waals surface area contributed by atoms with Crippen LogP contribution in [0.25, 0.3) is 0 Å². The fourth-order valence-electron chi connectivity index (χ4n) is 1.61. The van der Waals surface area contributed by atoms with Crippen molar-refractivity contribution >= 4 is 0 Å². The van der Waals surface area contributed by atoms with E-state index in [1.54, 1.807) is 19.2 Å². The summed E-state index contributed by atoms with van der Waals surface area (Å²) in [4.78, 5) is 0. The topological polar surface area (TPSA) is 41.5 Å². The van der Waals surface area contributed by atoms with Crippen molar-refractivity contribution in [2.75, 3.05) is 20.3 Å². The molecule has 0 amide bonds. The van der Waals surface area contributed by atoms with E-state index in [-0.39, 0.29) is 0 Å². The number of nitrogens with one attached hydrogen (secondary N) is 1. The van der Waals surface area contributed by atoms with Gasteiger partial charge in [0, 0.05) is 13.2 Å². The van der Waals surface area contributed by atoms with Crippen molar-refractivity contribution in [2.45, 2.75) is 25.8 Å². The molecule has 0 aromatic heterocycles. The van der Waals surface area contributed by atoms with Gasteiger partial charge in [0.05, 0.1) is 6.61 Å². The fourth-order valence-corrected chi connectivity index (χ4v) is 1.61. The number of hydrogen-bond acceptors (Lipinski definition) is 3. The van der Waals surface area contributed by atoms with Crippen LogP contribution in [-0.2, 0) is 11.2 Å². The zero-order valence-corrected chi connectivity index (χ0v) is 10.1. The van der Waals surface area contributed by atoms with E-state index in [1.165, 1.54) is 5.56 Å². The SMILES string of the molecule is CCC(COC)NCCc1ccc(O)cc1. The molecule has 1 unspecified atom stereocenters. The van der Waals surface area contributed by atoms with Gasteiger partial charge in [-0.15, -0.1) is 0 Å². The summed E-state index contributed by atoms with van der Waals surface area (Å²) in [6, 6.07) is 7.79. The summed E-state index contributed by atoms with van der Waals surface area (Å²) in [5, 5.41) is 12.6. The van der Waals surface area contributed by atoms with E-state index in [1.807, 2.05) is 12.1 Å². The van der Waals surface area contributed by atoms with Gasteiger partial charge in [-0.1, -0.05) is 19.1 Å². The predicted molar refractivity (Wildman–Crippen MR) is 65.8 cm³/mol. The molecule has 1 aromatic carbocycles. The molecule has 0 aliphatic heterocycles. The minimum absolute atomic E-state index is 0.322. The third-order valence-electron chi connectivity index (χ3n) is 2.64. The van der Waals surface area contributed by atoms with E-state index in [0.29, 0.717) is 11.8 Å². The summed E-state index contributed by atoms with van der Waals surface area (Å²) < 4.78 is 5.12. The summed E-state index contributed by atoms with van der Waals surface area (Å²) in [5.74, 6) is 0.322. The Balaban J connectivity index is 2.26. The molecule has 1 rings (SSSR count). The van der Waals surface area contributed by atoms with Crippen LogP contribution >= 0.6 is 0 Å². The lowest BCUT2D eigenvalue weighted by Gasteiger charge is -2.15. The number of phenols is 1. The number of aromatic hydroxyl groups is 1. The van der Waals surface area contributed by atoms with E-state index in [2.05, 4.69) is 12.2 Å². The zero-order valence-electron chi connectivity index (χ0n) is 10.1. The van der Waals surface area contributed by atoms with Crippen molar-refractivity contribution in [3.63, 3.8) is 0 Å². The highest BCUT2D eigenvalue weighted by molar-refractivity contribution is 5.25. The molecule has 0 radical (unpaired) electrons. The molecular formula is C13H21NO2. The molecule has 0 saturated carbocycles. The first-order valence-electron chi connectivity index (χ1n) is 5.76. The van der Waals surface area contributed by atoms with Crippen LogP contribution in [0.1, 0.15) is 18.9 Å². The smallest absolute Gasteiger partial charge is 0.115 e. The highest BCUT2D eigenvalue weighted by atomic mass is 16.5. The molecule has 2 N–H and O–H groups in total. The van der Waals surface area contributed by atoms with Gasteiger partial charge in [0.1, 0.15) is 5.75 Å². The normalized spacial score (nSPS) is 12.6. The molecule has 0 aliphatic carbocycles. The molecule has 0 bridgehead atoms. The summed E-state index contributed by atoms with van der Waals surface area (Å²) in [5.41, 5.74) is 1.23. The fraction of sp³-hybridized carbons (Fsp3) is 0.538. The van der Waals surface area contributed by atoms with Crippen molar-refractivity contribution < 1.29 is 9.84 Å². The number of ether oxygens (including phenoxy) is 1. The Hall–Kier alpha value is -1.06. The first-order valence-corrected chi connectivity index (χ1v) is 5.76. The molecular weight excluding hydrogens is 202 g/mol. The van der Waals surface area contributed by atoms with Gasteiger partial charge in [0.25, 0.3) is 0 Å². The van der Waals surface area contributed by atoms with E-state index >= 15 is 0 Å². The summed E-state index contributed by atoms with van der Waals surface area (Å²) >= 11 is 0. The molecule has 1 atom stereocenters. The molecule has 0 aliphatic rings. The van der Waals surface area contributed by atoms with Crippen LogP contribution in [0.2, 0.25) is 0 Å². The average Bonchev–Trinajstić information content (AvgIpc) is 2.30. The van der Waals surface area contributed by atoms with Crippen LogP contribution in [0.3, 0.4) is 0 Å². The Morgan fingerprint density at radius 3 is 2.56 bits per heavy atom. The quantitative estimate of drug-likeness (QED) is 0.742.